The standard InChI is InChI=1S/C18H23N3O3/c1-3-13-8-18(23)20-17(19-13)11-21-10-14(22)9-16(21)12-5-4-6-15(7-12)24-2/h4-8,14,16,22H,3,9-11H2,1-2H3,(H,19,20,23). The van der Waals surface area contributed by atoms with E-state index in [1.165, 1.54) is 6.07 Å². The van der Waals surface area contributed by atoms with Gasteiger partial charge in [0.15, 0.2) is 0 Å². The van der Waals surface area contributed by atoms with Gasteiger partial charge >= 0.3 is 0 Å². The number of aromatic amines is 1. The smallest absolute Gasteiger partial charge is 0.251 e. The molecular formula is C18H23N3O3. The number of nitrogens with zero attached hydrogens (tertiary/aromatic N) is 2. The van der Waals surface area contributed by atoms with Gasteiger partial charge in [-0.3, -0.25) is 9.69 Å². The molecule has 1 aliphatic rings. The summed E-state index contributed by atoms with van der Waals surface area (Å²) < 4.78 is 5.30. The summed E-state index contributed by atoms with van der Waals surface area (Å²) in [5, 5.41) is 10.1. The molecule has 2 unspecified atom stereocenters. The topological polar surface area (TPSA) is 78.5 Å². The van der Waals surface area contributed by atoms with Crippen molar-refractivity contribution >= 4 is 0 Å². The third-order valence-electron chi connectivity index (χ3n) is 4.42. The lowest BCUT2D eigenvalue weighted by Gasteiger charge is -2.24. The number of nitrogens with one attached hydrogen (secondary N) is 1. The van der Waals surface area contributed by atoms with Gasteiger partial charge in [-0.2, -0.15) is 0 Å². The van der Waals surface area contributed by atoms with Crippen molar-refractivity contribution < 1.29 is 9.84 Å². The summed E-state index contributed by atoms with van der Waals surface area (Å²) >= 11 is 0. The highest BCUT2D eigenvalue weighted by molar-refractivity contribution is 5.31. The van der Waals surface area contributed by atoms with Crippen LogP contribution in [0.5, 0.6) is 5.75 Å². The molecule has 1 saturated heterocycles. The highest BCUT2D eigenvalue weighted by Gasteiger charge is 2.32. The van der Waals surface area contributed by atoms with Gasteiger partial charge in [-0.25, -0.2) is 4.98 Å². The van der Waals surface area contributed by atoms with Crippen molar-refractivity contribution in [2.45, 2.75) is 38.5 Å². The van der Waals surface area contributed by atoms with E-state index in [0.717, 1.165) is 23.4 Å². The number of hydrogen-bond acceptors (Lipinski definition) is 5. The maximum absolute atomic E-state index is 11.8. The quantitative estimate of drug-likeness (QED) is 0.872. The van der Waals surface area contributed by atoms with Crippen LogP contribution >= 0.6 is 0 Å². The SMILES string of the molecule is CCc1cc(=O)[nH]c(CN2CC(O)CC2c2cccc(OC)c2)n1. The maximum atomic E-state index is 11.8. The molecule has 0 amide bonds. The van der Waals surface area contributed by atoms with Crippen LogP contribution in [0.15, 0.2) is 35.1 Å². The number of H-pyrrole nitrogens is 1. The number of aromatic nitrogens is 2. The zero-order valence-corrected chi connectivity index (χ0v) is 14.0. The molecule has 1 fully saturated rings. The molecule has 2 N–H and O–H groups in total. The Morgan fingerprint density at radius 1 is 1.42 bits per heavy atom. The molecule has 1 aromatic carbocycles. The van der Waals surface area contributed by atoms with E-state index in [4.69, 9.17) is 4.74 Å². The van der Waals surface area contributed by atoms with Crippen molar-refractivity contribution in [2.24, 2.45) is 0 Å². The Hall–Kier alpha value is -2.18. The maximum Gasteiger partial charge on any atom is 0.251 e. The van der Waals surface area contributed by atoms with Gasteiger partial charge in [-0.1, -0.05) is 19.1 Å². The fourth-order valence-electron chi connectivity index (χ4n) is 3.26. The number of ether oxygens (including phenoxy) is 1. The zero-order valence-electron chi connectivity index (χ0n) is 14.0. The van der Waals surface area contributed by atoms with Crippen molar-refractivity contribution in [3.8, 4) is 5.75 Å². The second-order valence-corrected chi connectivity index (χ2v) is 6.15. The third-order valence-corrected chi connectivity index (χ3v) is 4.42. The van der Waals surface area contributed by atoms with E-state index in [1.54, 1.807) is 7.11 Å². The first-order valence-electron chi connectivity index (χ1n) is 8.24. The van der Waals surface area contributed by atoms with Crippen LogP contribution in [-0.2, 0) is 13.0 Å². The number of β-amino-alcohol motifs (C(OH)–C–C–N with tert-alkyl or cyclic N) is 1. The molecule has 1 aromatic heterocycles. The molecule has 0 saturated carbocycles. The Morgan fingerprint density at radius 2 is 2.25 bits per heavy atom. The van der Waals surface area contributed by atoms with Gasteiger partial charge in [0.05, 0.1) is 19.8 Å². The zero-order chi connectivity index (χ0) is 17.1. The van der Waals surface area contributed by atoms with Crippen LogP contribution in [0, 0.1) is 0 Å². The Balaban J connectivity index is 1.85. The average Bonchev–Trinajstić information content (AvgIpc) is 2.94. The molecule has 2 aromatic rings. The predicted octanol–water partition coefficient (Wildman–Crippen LogP) is 1.65. The molecule has 1 aliphatic heterocycles. The molecule has 0 radical (unpaired) electrons. The number of methoxy groups -OCH3 is 1. The molecule has 2 atom stereocenters. The largest absolute Gasteiger partial charge is 0.497 e. The molecule has 24 heavy (non-hydrogen) atoms. The summed E-state index contributed by atoms with van der Waals surface area (Å²) in [6.07, 6.45) is 0.992. The number of likely N-dealkylation sites (tertiary alicyclic amines) is 1. The minimum absolute atomic E-state index is 0.0747. The minimum atomic E-state index is -0.387. The first-order chi connectivity index (χ1) is 11.6. The van der Waals surface area contributed by atoms with E-state index in [0.29, 0.717) is 25.3 Å². The van der Waals surface area contributed by atoms with Gasteiger partial charge in [-0.05, 0) is 30.5 Å². The van der Waals surface area contributed by atoms with Crippen molar-refractivity contribution in [1.29, 1.82) is 0 Å². The monoisotopic (exact) mass is 329 g/mol. The molecule has 0 bridgehead atoms. The van der Waals surface area contributed by atoms with Crippen molar-refractivity contribution in [3.05, 3.63) is 57.8 Å². The molecule has 6 nitrogen and oxygen atoms in total. The van der Waals surface area contributed by atoms with E-state index >= 15 is 0 Å². The normalized spacial score (nSPS) is 21.1. The Morgan fingerprint density at radius 3 is 3.00 bits per heavy atom. The van der Waals surface area contributed by atoms with Gasteiger partial charge in [0.2, 0.25) is 0 Å². The predicted molar refractivity (Wildman–Crippen MR) is 91.0 cm³/mol. The lowest BCUT2D eigenvalue weighted by atomic mass is 10.0. The van der Waals surface area contributed by atoms with Gasteiger partial charge in [0, 0.05) is 24.3 Å². The highest BCUT2D eigenvalue weighted by atomic mass is 16.5. The number of aliphatic hydroxyl groups is 1. The summed E-state index contributed by atoms with van der Waals surface area (Å²) in [6.45, 7) is 3.04. The van der Waals surface area contributed by atoms with Crippen LogP contribution in [0.4, 0.5) is 0 Å². The molecule has 0 aliphatic carbocycles. The first kappa shape index (κ1) is 16.7. The summed E-state index contributed by atoms with van der Waals surface area (Å²) in [5.41, 5.74) is 1.75. The fraction of sp³-hybridized carbons (Fsp3) is 0.444. The molecular weight excluding hydrogens is 306 g/mol. The fourth-order valence-corrected chi connectivity index (χ4v) is 3.26. The summed E-state index contributed by atoms with van der Waals surface area (Å²) in [6, 6.07) is 9.50. The number of aliphatic hydroxyl groups excluding tert-OH is 1. The minimum Gasteiger partial charge on any atom is -0.497 e. The van der Waals surface area contributed by atoms with Gasteiger partial charge in [0.1, 0.15) is 11.6 Å². The lowest BCUT2D eigenvalue weighted by Crippen LogP contribution is -2.27. The van der Waals surface area contributed by atoms with E-state index in [-0.39, 0.29) is 17.7 Å². The van der Waals surface area contributed by atoms with E-state index in [1.807, 2.05) is 31.2 Å². The molecule has 2 heterocycles. The van der Waals surface area contributed by atoms with Gasteiger partial charge in [-0.15, -0.1) is 0 Å². The first-order valence-corrected chi connectivity index (χ1v) is 8.24. The van der Waals surface area contributed by atoms with Gasteiger partial charge in [0.25, 0.3) is 5.56 Å². The highest BCUT2D eigenvalue weighted by Crippen LogP contribution is 2.34. The van der Waals surface area contributed by atoms with Crippen LogP contribution in [-0.4, -0.2) is 39.7 Å². The number of benzene rings is 1. The summed E-state index contributed by atoms with van der Waals surface area (Å²) in [4.78, 5) is 21.2. The van der Waals surface area contributed by atoms with Crippen LogP contribution in [0.2, 0.25) is 0 Å². The third kappa shape index (κ3) is 3.66. The van der Waals surface area contributed by atoms with Crippen LogP contribution < -0.4 is 10.3 Å². The van der Waals surface area contributed by atoms with Crippen LogP contribution in [0.3, 0.4) is 0 Å². The second-order valence-electron chi connectivity index (χ2n) is 6.15. The molecule has 3 rings (SSSR count). The average molecular weight is 329 g/mol. The van der Waals surface area contributed by atoms with Crippen molar-refractivity contribution in [1.82, 2.24) is 14.9 Å². The number of rotatable bonds is 5. The van der Waals surface area contributed by atoms with E-state index < -0.39 is 0 Å². The second kappa shape index (κ2) is 7.15. The lowest BCUT2D eigenvalue weighted by molar-refractivity contribution is 0.171. The number of aryl methyl sites for hydroxylation is 1. The molecule has 6 heteroatoms. The van der Waals surface area contributed by atoms with Crippen molar-refractivity contribution in [3.63, 3.8) is 0 Å². The summed E-state index contributed by atoms with van der Waals surface area (Å²) in [5.74, 6) is 1.44. The summed E-state index contributed by atoms with van der Waals surface area (Å²) in [7, 11) is 1.64. The molecule has 0 spiro atoms. The van der Waals surface area contributed by atoms with Gasteiger partial charge < -0.3 is 14.8 Å². The Kier molecular flexibility index (Phi) is 4.97. The van der Waals surface area contributed by atoms with E-state index in [2.05, 4.69) is 14.9 Å². The van der Waals surface area contributed by atoms with Crippen LogP contribution in [0.25, 0.3) is 0 Å². The Bertz CT molecular complexity index is 759. The Labute approximate surface area is 141 Å². The van der Waals surface area contributed by atoms with Crippen LogP contribution in [0.1, 0.15) is 36.5 Å². The number of hydrogen-bond donors (Lipinski definition) is 2. The van der Waals surface area contributed by atoms with Crippen molar-refractivity contribution in [2.75, 3.05) is 13.7 Å². The molecule has 128 valence electrons. The van der Waals surface area contributed by atoms with E-state index in [9.17, 15) is 9.90 Å².